The summed E-state index contributed by atoms with van der Waals surface area (Å²) in [7, 11) is 3.86. The highest BCUT2D eigenvalue weighted by Gasteiger charge is 2.16. The largest absolute Gasteiger partial charge is 0.369 e. The van der Waals surface area contributed by atoms with Crippen LogP contribution in [-0.4, -0.2) is 50.1 Å². The fourth-order valence-electron chi connectivity index (χ4n) is 2.58. The molecule has 25 heavy (non-hydrogen) atoms. The van der Waals surface area contributed by atoms with Crippen molar-refractivity contribution in [1.29, 1.82) is 0 Å². The SMILES string of the molecule is CN(C)/C=N/c1c(-n2nnc3ccccc32)cnn1-c1ccccc1. The van der Waals surface area contributed by atoms with Crippen molar-refractivity contribution in [3.05, 3.63) is 60.8 Å². The Morgan fingerprint density at radius 1 is 0.960 bits per heavy atom. The van der Waals surface area contributed by atoms with E-state index in [1.165, 1.54) is 0 Å². The van der Waals surface area contributed by atoms with E-state index in [2.05, 4.69) is 20.4 Å². The predicted octanol–water partition coefficient (Wildman–Crippen LogP) is 2.83. The van der Waals surface area contributed by atoms with Crippen LogP contribution < -0.4 is 0 Å². The quantitative estimate of drug-likeness (QED) is 0.426. The zero-order valence-corrected chi connectivity index (χ0v) is 14.0. The fraction of sp³-hybridized carbons (Fsp3) is 0.111. The maximum absolute atomic E-state index is 4.62. The lowest BCUT2D eigenvalue weighted by Crippen LogP contribution is -2.08. The van der Waals surface area contributed by atoms with Gasteiger partial charge in [-0.1, -0.05) is 35.5 Å². The highest BCUT2D eigenvalue weighted by atomic mass is 15.5. The zero-order valence-electron chi connectivity index (χ0n) is 14.0. The summed E-state index contributed by atoms with van der Waals surface area (Å²) >= 11 is 0. The van der Waals surface area contributed by atoms with Crippen LogP contribution in [0.1, 0.15) is 0 Å². The molecule has 2 aromatic carbocycles. The molecule has 124 valence electrons. The molecule has 0 saturated carbocycles. The van der Waals surface area contributed by atoms with Crippen molar-refractivity contribution >= 4 is 23.2 Å². The number of rotatable bonds is 4. The van der Waals surface area contributed by atoms with Gasteiger partial charge in [0.25, 0.3) is 0 Å². The van der Waals surface area contributed by atoms with Gasteiger partial charge >= 0.3 is 0 Å². The minimum absolute atomic E-state index is 0.690. The molecule has 2 aromatic heterocycles. The van der Waals surface area contributed by atoms with E-state index in [1.807, 2.05) is 73.6 Å². The monoisotopic (exact) mass is 331 g/mol. The van der Waals surface area contributed by atoms with Crippen molar-refractivity contribution in [2.24, 2.45) is 4.99 Å². The Labute approximate surface area is 144 Å². The molecular weight excluding hydrogens is 314 g/mol. The molecular formula is C18H17N7. The second-order valence-corrected chi connectivity index (χ2v) is 5.80. The maximum atomic E-state index is 4.62. The van der Waals surface area contributed by atoms with E-state index >= 15 is 0 Å². The minimum atomic E-state index is 0.690. The molecule has 0 aliphatic rings. The first-order chi connectivity index (χ1) is 12.2. The number of nitrogens with zero attached hydrogens (tertiary/aromatic N) is 7. The van der Waals surface area contributed by atoms with Crippen LogP contribution in [0.5, 0.6) is 0 Å². The van der Waals surface area contributed by atoms with Gasteiger partial charge in [0.05, 0.1) is 23.7 Å². The summed E-state index contributed by atoms with van der Waals surface area (Å²) in [6, 6.07) is 17.7. The third-order valence-electron chi connectivity index (χ3n) is 3.72. The number of hydrogen-bond acceptors (Lipinski definition) is 4. The molecule has 0 spiro atoms. The van der Waals surface area contributed by atoms with E-state index in [9.17, 15) is 0 Å². The van der Waals surface area contributed by atoms with E-state index in [1.54, 1.807) is 21.9 Å². The number of aromatic nitrogens is 5. The topological polar surface area (TPSA) is 64.1 Å². The van der Waals surface area contributed by atoms with Gasteiger partial charge in [0.1, 0.15) is 11.2 Å². The third-order valence-corrected chi connectivity index (χ3v) is 3.72. The molecule has 0 atom stereocenters. The van der Waals surface area contributed by atoms with Gasteiger partial charge in [-0.3, -0.25) is 0 Å². The first-order valence-corrected chi connectivity index (χ1v) is 7.89. The summed E-state index contributed by atoms with van der Waals surface area (Å²) in [5.74, 6) is 0.690. The normalized spacial score (nSPS) is 11.4. The van der Waals surface area contributed by atoms with Crippen LogP contribution in [0.4, 0.5) is 5.82 Å². The fourth-order valence-corrected chi connectivity index (χ4v) is 2.58. The Morgan fingerprint density at radius 3 is 2.52 bits per heavy atom. The van der Waals surface area contributed by atoms with Gasteiger partial charge in [0.2, 0.25) is 0 Å². The lowest BCUT2D eigenvalue weighted by molar-refractivity contribution is 0.642. The third kappa shape index (κ3) is 2.76. The van der Waals surface area contributed by atoms with Gasteiger partial charge in [-0.2, -0.15) is 5.10 Å². The summed E-state index contributed by atoms with van der Waals surface area (Å²) in [5.41, 5.74) is 3.45. The molecule has 2 heterocycles. The minimum Gasteiger partial charge on any atom is -0.369 e. The smallest absolute Gasteiger partial charge is 0.183 e. The van der Waals surface area contributed by atoms with Gasteiger partial charge in [0.15, 0.2) is 5.82 Å². The number of benzene rings is 2. The highest BCUT2D eigenvalue weighted by Crippen LogP contribution is 2.28. The van der Waals surface area contributed by atoms with Crippen molar-refractivity contribution in [3.63, 3.8) is 0 Å². The molecule has 0 aliphatic carbocycles. The Hall–Kier alpha value is -3.48. The molecule has 0 aliphatic heterocycles. The molecule has 4 aromatic rings. The van der Waals surface area contributed by atoms with E-state index in [4.69, 9.17) is 0 Å². The zero-order chi connectivity index (χ0) is 17.2. The van der Waals surface area contributed by atoms with Crippen molar-refractivity contribution < 1.29 is 0 Å². The summed E-state index contributed by atoms with van der Waals surface area (Å²) in [5, 5.41) is 13.0. The van der Waals surface area contributed by atoms with Gasteiger partial charge in [-0.25, -0.2) is 14.4 Å². The molecule has 7 heteroatoms. The number of aliphatic imine (C=N–C) groups is 1. The van der Waals surface area contributed by atoms with Gasteiger partial charge in [-0.05, 0) is 24.3 Å². The summed E-state index contributed by atoms with van der Waals surface area (Å²) < 4.78 is 3.57. The summed E-state index contributed by atoms with van der Waals surface area (Å²) in [6.07, 6.45) is 3.51. The van der Waals surface area contributed by atoms with Crippen LogP contribution in [-0.2, 0) is 0 Å². The van der Waals surface area contributed by atoms with Crippen molar-refractivity contribution in [3.8, 4) is 11.4 Å². The summed E-state index contributed by atoms with van der Waals surface area (Å²) in [4.78, 5) is 6.50. The van der Waals surface area contributed by atoms with Crippen molar-refractivity contribution in [1.82, 2.24) is 29.7 Å². The van der Waals surface area contributed by atoms with Gasteiger partial charge in [0, 0.05) is 14.1 Å². The standard InChI is InChI=1S/C18H17N7/c1-23(2)13-19-18-17(12-20-24(18)14-8-4-3-5-9-14)25-16-11-7-6-10-15(16)21-22-25/h3-13H,1-2H3/b19-13+. The number of hydrogen-bond donors (Lipinski definition) is 0. The average Bonchev–Trinajstić information content (AvgIpc) is 3.24. The summed E-state index contributed by atoms with van der Waals surface area (Å²) in [6.45, 7) is 0. The first-order valence-electron chi connectivity index (χ1n) is 7.89. The van der Waals surface area contributed by atoms with Gasteiger partial charge in [-0.15, -0.1) is 5.10 Å². The molecule has 0 N–H and O–H groups in total. The van der Waals surface area contributed by atoms with Crippen LogP contribution >= 0.6 is 0 Å². The molecule has 4 rings (SSSR count). The molecule has 0 amide bonds. The molecule has 7 nitrogen and oxygen atoms in total. The second kappa shape index (κ2) is 6.20. The maximum Gasteiger partial charge on any atom is 0.183 e. The predicted molar refractivity (Wildman–Crippen MR) is 97.8 cm³/mol. The number of fused-ring (bicyclic) bond motifs is 1. The first kappa shape index (κ1) is 15.1. The molecule has 0 fully saturated rings. The molecule has 0 unspecified atom stereocenters. The van der Waals surface area contributed by atoms with E-state index in [-0.39, 0.29) is 0 Å². The van der Waals surface area contributed by atoms with E-state index in [0.29, 0.717) is 5.82 Å². The van der Waals surface area contributed by atoms with Crippen LogP contribution in [0.15, 0.2) is 65.8 Å². The van der Waals surface area contributed by atoms with Crippen LogP contribution in [0.2, 0.25) is 0 Å². The molecule has 0 saturated heterocycles. The lowest BCUT2D eigenvalue weighted by atomic mass is 10.3. The molecule has 0 bridgehead atoms. The van der Waals surface area contributed by atoms with Crippen LogP contribution in [0.25, 0.3) is 22.4 Å². The van der Waals surface area contributed by atoms with Crippen LogP contribution in [0, 0.1) is 0 Å². The van der Waals surface area contributed by atoms with Crippen molar-refractivity contribution in [2.45, 2.75) is 0 Å². The van der Waals surface area contributed by atoms with Crippen LogP contribution in [0.3, 0.4) is 0 Å². The number of para-hydroxylation sites is 2. The Morgan fingerprint density at radius 2 is 1.72 bits per heavy atom. The Kier molecular flexibility index (Phi) is 3.74. The van der Waals surface area contributed by atoms with E-state index < -0.39 is 0 Å². The average molecular weight is 331 g/mol. The highest BCUT2D eigenvalue weighted by molar-refractivity contribution is 5.77. The van der Waals surface area contributed by atoms with Crippen molar-refractivity contribution in [2.75, 3.05) is 14.1 Å². The lowest BCUT2D eigenvalue weighted by Gasteiger charge is -2.08. The molecule has 0 radical (unpaired) electrons. The van der Waals surface area contributed by atoms with Gasteiger partial charge < -0.3 is 4.90 Å². The Bertz CT molecular complexity index is 1030. The van der Waals surface area contributed by atoms with E-state index in [0.717, 1.165) is 22.4 Å². The second-order valence-electron chi connectivity index (χ2n) is 5.80. The Balaban J connectivity index is 1.92.